The lowest BCUT2D eigenvalue weighted by atomic mass is 9.86. The monoisotopic (exact) mass is 465 g/mol. The van der Waals surface area contributed by atoms with Gasteiger partial charge in [0.15, 0.2) is 4.77 Å². The molecule has 1 fully saturated rings. The van der Waals surface area contributed by atoms with Crippen molar-refractivity contribution in [1.82, 2.24) is 14.9 Å². The van der Waals surface area contributed by atoms with Crippen molar-refractivity contribution in [2.45, 2.75) is 45.2 Å². The van der Waals surface area contributed by atoms with Crippen LogP contribution in [0.2, 0.25) is 0 Å². The van der Waals surface area contributed by atoms with Gasteiger partial charge in [-0.25, -0.2) is 4.79 Å². The normalized spacial score (nSPS) is 18.1. The third-order valence-corrected chi connectivity index (χ3v) is 6.71. The van der Waals surface area contributed by atoms with E-state index < -0.39 is 5.97 Å². The minimum atomic E-state index is -0.484. The maximum atomic E-state index is 13.0. The van der Waals surface area contributed by atoms with Crippen LogP contribution in [0.15, 0.2) is 47.3 Å². The molecule has 2 N–H and O–H groups in total. The molecule has 8 heteroatoms. The number of carbonyl (C=O) groups excluding carboxylic acids is 2. The molecule has 1 aliphatic rings. The first-order valence-electron chi connectivity index (χ1n) is 11.1. The van der Waals surface area contributed by atoms with Crippen LogP contribution in [0.3, 0.4) is 0 Å². The van der Waals surface area contributed by atoms with Gasteiger partial charge in [0.05, 0.1) is 30.1 Å². The zero-order chi connectivity index (χ0) is 23.5. The van der Waals surface area contributed by atoms with E-state index in [0.29, 0.717) is 27.9 Å². The van der Waals surface area contributed by atoms with Crippen LogP contribution in [-0.2, 0) is 11.3 Å². The Hall–Kier alpha value is -3.26. The average molecular weight is 466 g/mol. The highest BCUT2D eigenvalue weighted by atomic mass is 32.1. The van der Waals surface area contributed by atoms with E-state index in [1.807, 2.05) is 12.1 Å². The van der Waals surface area contributed by atoms with E-state index in [1.165, 1.54) is 18.1 Å². The zero-order valence-electron chi connectivity index (χ0n) is 18.7. The van der Waals surface area contributed by atoms with Crippen LogP contribution in [-0.4, -0.2) is 34.6 Å². The molecule has 0 saturated heterocycles. The van der Waals surface area contributed by atoms with E-state index in [9.17, 15) is 14.4 Å². The third kappa shape index (κ3) is 4.90. The number of hydrogen-bond acceptors (Lipinski definition) is 5. The summed E-state index contributed by atoms with van der Waals surface area (Å²) in [6.45, 7) is 2.46. The molecule has 172 valence electrons. The SMILES string of the molecule is COC(=O)c1ccc2c(=O)n(Cc3ccc(C(=O)NC4CCCCC4C)cc3)c(=S)[nH]c2c1. The van der Waals surface area contributed by atoms with Gasteiger partial charge in [-0.1, -0.05) is 31.9 Å². The van der Waals surface area contributed by atoms with Crippen LogP contribution in [0.25, 0.3) is 10.9 Å². The Kier molecular flexibility index (Phi) is 6.74. The first kappa shape index (κ1) is 22.9. The Balaban J connectivity index is 1.53. The second kappa shape index (κ2) is 9.70. The number of amides is 1. The van der Waals surface area contributed by atoms with Gasteiger partial charge in [0.2, 0.25) is 0 Å². The van der Waals surface area contributed by atoms with Gasteiger partial charge in [0, 0.05) is 11.6 Å². The number of esters is 1. The predicted molar refractivity (Wildman–Crippen MR) is 129 cm³/mol. The van der Waals surface area contributed by atoms with E-state index in [0.717, 1.165) is 24.8 Å². The first-order valence-corrected chi connectivity index (χ1v) is 11.5. The highest BCUT2D eigenvalue weighted by Crippen LogP contribution is 2.24. The molecule has 1 saturated carbocycles. The number of nitrogens with one attached hydrogen (secondary N) is 2. The molecule has 4 rings (SSSR count). The van der Waals surface area contributed by atoms with Gasteiger partial charge in [-0.15, -0.1) is 0 Å². The summed E-state index contributed by atoms with van der Waals surface area (Å²) in [4.78, 5) is 40.5. The van der Waals surface area contributed by atoms with Gasteiger partial charge in [-0.2, -0.15) is 0 Å². The number of H-pyrrole nitrogens is 1. The molecule has 0 bridgehead atoms. The third-order valence-electron chi connectivity index (χ3n) is 6.39. The predicted octanol–water partition coefficient (Wildman–Crippen LogP) is 4.20. The molecule has 2 unspecified atom stereocenters. The summed E-state index contributed by atoms with van der Waals surface area (Å²) >= 11 is 5.40. The molecule has 1 aliphatic carbocycles. The smallest absolute Gasteiger partial charge is 0.337 e. The van der Waals surface area contributed by atoms with Crippen molar-refractivity contribution in [1.29, 1.82) is 0 Å². The summed E-state index contributed by atoms with van der Waals surface area (Å²) in [5.74, 6) is -0.0588. The fourth-order valence-corrected chi connectivity index (χ4v) is 4.63. The largest absolute Gasteiger partial charge is 0.465 e. The van der Waals surface area contributed by atoms with Crippen LogP contribution < -0.4 is 10.9 Å². The Labute approximate surface area is 196 Å². The van der Waals surface area contributed by atoms with Crippen LogP contribution in [0, 0.1) is 10.7 Å². The lowest BCUT2D eigenvalue weighted by Crippen LogP contribution is -2.41. The molecule has 0 radical (unpaired) electrons. The van der Waals surface area contributed by atoms with E-state index in [4.69, 9.17) is 17.0 Å². The number of fused-ring (bicyclic) bond motifs is 1. The van der Waals surface area contributed by atoms with Crippen molar-refractivity contribution in [3.8, 4) is 0 Å². The van der Waals surface area contributed by atoms with Gasteiger partial charge in [0.1, 0.15) is 0 Å². The molecule has 0 aliphatic heterocycles. The maximum Gasteiger partial charge on any atom is 0.337 e. The van der Waals surface area contributed by atoms with E-state index in [1.54, 1.807) is 30.3 Å². The number of aromatic amines is 1. The maximum absolute atomic E-state index is 13.0. The number of rotatable bonds is 5. The Bertz CT molecular complexity index is 1310. The van der Waals surface area contributed by atoms with Crippen molar-refractivity contribution in [3.63, 3.8) is 0 Å². The van der Waals surface area contributed by atoms with Crippen LogP contribution in [0.5, 0.6) is 0 Å². The molecule has 3 aromatic rings. The van der Waals surface area contributed by atoms with Crippen LogP contribution in [0.1, 0.15) is 58.9 Å². The molecule has 1 aromatic heterocycles. The van der Waals surface area contributed by atoms with E-state index in [2.05, 4.69) is 17.2 Å². The molecular formula is C25H27N3O4S. The Morgan fingerprint density at radius 1 is 1.12 bits per heavy atom. The quantitative estimate of drug-likeness (QED) is 0.435. The Morgan fingerprint density at radius 2 is 1.82 bits per heavy atom. The summed E-state index contributed by atoms with van der Waals surface area (Å²) in [6, 6.07) is 12.2. The summed E-state index contributed by atoms with van der Waals surface area (Å²) < 4.78 is 6.45. The summed E-state index contributed by atoms with van der Waals surface area (Å²) in [5.41, 5.74) is 2.02. The molecule has 1 amide bonds. The van der Waals surface area contributed by atoms with Gasteiger partial charge >= 0.3 is 5.97 Å². The van der Waals surface area contributed by atoms with Crippen molar-refractivity contribution < 1.29 is 14.3 Å². The number of benzene rings is 2. The number of ether oxygens (including phenoxy) is 1. The summed E-state index contributed by atoms with van der Waals surface area (Å²) in [5, 5.41) is 3.59. The molecule has 0 spiro atoms. The number of methoxy groups -OCH3 is 1. The molecule has 2 aromatic carbocycles. The van der Waals surface area contributed by atoms with E-state index >= 15 is 0 Å². The van der Waals surface area contributed by atoms with Crippen LogP contribution >= 0.6 is 12.2 Å². The second-order valence-corrected chi connectivity index (χ2v) is 9.00. The zero-order valence-corrected chi connectivity index (χ0v) is 19.5. The molecule has 1 heterocycles. The fourth-order valence-electron chi connectivity index (χ4n) is 4.37. The first-order chi connectivity index (χ1) is 15.9. The van der Waals surface area contributed by atoms with Gasteiger partial charge in [-0.05, 0) is 66.9 Å². The molecule has 7 nitrogen and oxygen atoms in total. The van der Waals surface area contributed by atoms with Crippen molar-refractivity contribution >= 4 is 35.0 Å². The lowest BCUT2D eigenvalue weighted by molar-refractivity contribution is 0.0600. The molecular weight excluding hydrogens is 438 g/mol. The van der Waals surface area contributed by atoms with Crippen molar-refractivity contribution in [3.05, 3.63) is 74.3 Å². The highest BCUT2D eigenvalue weighted by Gasteiger charge is 2.23. The average Bonchev–Trinajstić information content (AvgIpc) is 2.82. The van der Waals surface area contributed by atoms with E-state index in [-0.39, 0.29) is 28.8 Å². The minimum Gasteiger partial charge on any atom is -0.465 e. The van der Waals surface area contributed by atoms with Gasteiger partial charge in [0.25, 0.3) is 11.5 Å². The van der Waals surface area contributed by atoms with Gasteiger partial charge in [-0.3, -0.25) is 14.2 Å². The molecule has 2 atom stereocenters. The lowest BCUT2D eigenvalue weighted by Gasteiger charge is -2.29. The number of carbonyl (C=O) groups is 2. The van der Waals surface area contributed by atoms with Crippen molar-refractivity contribution in [2.24, 2.45) is 5.92 Å². The standard InChI is InChI=1S/C25H27N3O4S/c1-15-5-3-4-6-20(15)26-22(29)17-9-7-16(8-10-17)14-28-23(30)19-12-11-18(24(31)32-2)13-21(19)27-25(28)33/h7-13,15,20H,3-6,14H2,1-2H3,(H,26,29)(H,27,33). The summed E-state index contributed by atoms with van der Waals surface area (Å²) in [6.07, 6.45) is 4.55. The number of hydrogen-bond donors (Lipinski definition) is 2. The topological polar surface area (TPSA) is 93.2 Å². The fraction of sp³-hybridized carbons (Fsp3) is 0.360. The van der Waals surface area contributed by atoms with Crippen LogP contribution in [0.4, 0.5) is 0 Å². The number of nitrogens with zero attached hydrogens (tertiary/aromatic N) is 1. The highest BCUT2D eigenvalue weighted by molar-refractivity contribution is 7.71. The van der Waals surface area contributed by atoms with Gasteiger partial charge < -0.3 is 15.0 Å². The second-order valence-electron chi connectivity index (χ2n) is 8.61. The Morgan fingerprint density at radius 3 is 2.52 bits per heavy atom. The number of aromatic nitrogens is 2. The summed E-state index contributed by atoms with van der Waals surface area (Å²) in [7, 11) is 1.30. The molecule has 33 heavy (non-hydrogen) atoms. The minimum absolute atomic E-state index is 0.0677. The van der Waals surface area contributed by atoms with Crippen molar-refractivity contribution in [2.75, 3.05) is 7.11 Å².